The Balaban J connectivity index is 2.04. The highest BCUT2D eigenvalue weighted by molar-refractivity contribution is 5.86. The van der Waals surface area contributed by atoms with E-state index in [1.807, 2.05) is 13.3 Å². The van der Waals surface area contributed by atoms with Crippen molar-refractivity contribution in [3.8, 4) is 0 Å². The molecule has 1 fully saturated rings. The van der Waals surface area contributed by atoms with Crippen LogP contribution in [0.4, 0.5) is 0 Å². The first-order chi connectivity index (χ1) is 9.96. The average Bonchev–Trinajstić information content (AvgIpc) is 2.88. The molecule has 0 saturated carbocycles. The van der Waals surface area contributed by atoms with Crippen molar-refractivity contribution >= 4 is 11.9 Å². The van der Waals surface area contributed by atoms with E-state index in [2.05, 4.69) is 36.1 Å². The van der Waals surface area contributed by atoms with Crippen molar-refractivity contribution in [2.75, 3.05) is 26.7 Å². The molecular weight excluding hydrogens is 264 g/mol. The number of fused-ring (bicyclic) bond motifs is 2. The molecule has 1 N–H and O–H groups in total. The Bertz CT molecular complexity index is 386. The van der Waals surface area contributed by atoms with Crippen LogP contribution in [0.1, 0.15) is 46.5 Å². The molecule has 0 amide bonds. The van der Waals surface area contributed by atoms with E-state index >= 15 is 0 Å². The number of rotatable bonds is 4. The molecule has 0 aromatic carbocycles. The highest BCUT2D eigenvalue weighted by Gasteiger charge is 2.28. The Hall–Kier alpha value is -0.940. The second kappa shape index (κ2) is 7.36. The Morgan fingerprint density at radius 3 is 2.81 bits per heavy atom. The van der Waals surface area contributed by atoms with Crippen LogP contribution in [0.15, 0.2) is 10.1 Å². The minimum Gasteiger partial charge on any atom is -0.373 e. The number of nitrogens with zero attached hydrogens (tertiary/aromatic N) is 3. The van der Waals surface area contributed by atoms with Gasteiger partial charge < -0.3 is 10.1 Å². The van der Waals surface area contributed by atoms with E-state index in [0.717, 1.165) is 38.9 Å². The van der Waals surface area contributed by atoms with Crippen molar-refractivity contribution < 1.29 is 4.74 Å². The quantitative estimate of drug-likeness (QED) is 0.808. The van der Waals surface area contributed by atoms with Crippen molar-refractivity contribution in [2.24, 2.45) is 10.1 Å². The summed E-state index contributed by atoms with van der Waals surface area (Å²) in [5, 5.41) is 10.5. The van der Waals surface area contributed by atoms with Gasteiger partial charge in [0.05, 0.1) is 31.0 Å². The van der Waals surface area contributed by atoms with E-state index in [0.29, 0.717) is 12.2 Å². The normalized spacial score (nSPS) is 29.9. The number of hydrogen-bond donors (Lipinski definition) is 1. The van der Waals surface area contributed by atoms with E-state index in [1.165, 1.54) is 12.1 Å². The number of nitrogens with one attached hydrogen (secondary N) is 1. The van der Waals surface area contributed by atoms with Crippen LogP contribution >= 0.6 is 0 Å². The van der Waals surface area contributed by atoms with E-state index in [4.69, 9.17) is 9.84 Å². The van der Waals surface area contributed by atoms with Gasteiger partial charge in [-0.05, 0) is 46.5 Å². The van der Waals surface area contributed by atoms with Gasteiger partial charge in [0.1, 0.15) is 0 Å². The van der Waals surface area contributed by atoms with Crippen LogP contribution in [0.2, 0.25) is 0 Å². The lowest BCUT2D eigenvalue weighted by atomic mass is 10.1. The van der Waals surface area contributed by atoms with Gasteiger partial charge in [0.25, 0.3) is 0 Å². The smallest absolute Gasteiger partial charge is 0.0771 e. The standard InChI is InChI=1S/C16H30N4O/c1-16(2,3)18-11-13-5-6-14-7-8-15(21-14)12-20(19-13)10-9-17-4/h9,14-15,18H,5-8,10-12H2,1-4H3/b17-9?,19-13+. The molecule has 0 aliphatic carbocycles. The van der Waals surface area contributed by atoms with Crippen LogP contribution in [0.5, 0.6) is 0 Å². The molecule has 2 aliphatic heterocycles. The molecule has 0 aromatic heterocycles. The summed E-state index contributed by atoms with van der Waals surface area (Å²) >= 11 is 0. The van der Waals surface area contributed by atoms with Crippen molar-refractivity contribution in [1.29, 1.82) is 0 Å². The Morgan fingerprint density at radius 2 is 2.10 bits per heavy atom. The lowest BCUT2D eigenvalue weighted by molar-refractivity contribution is 0.0259. The maximum absolute atomic E-state index is 6.11. The van der Waals surface area contributed by atoms with Gasteiger partial charge in [-0.25, -0.2) is 0 Å². The second-order valence-corrected chi connectivity index (χ2v) is 7.08. The van der Waals surface area contributed by atoms with E-state index in [1.54, 1.807) is 0 Å². The van der Waals surface area contributed by atoms with Crippen molar-refractivity contribution in [3.63, 3.8) is 0 Å². The summed E-state index contributed by atoms with van der Waals surface area (Å²) in [6, 6.07) is 0. The first kappa shape index (κ1) is 16.4. The molecule has 2 aliphatic rings. The summed E-state index contributed by atoms with van der Waals surface area (Å²) in [6.07, 6.45) is 7.14. The van der Waals surface area contributed by atoms with Gasteiger partial charge in [0, 0.05) is 25.3 Å². The molecule has 21 heavy (non-hydrogen) atoms. The first-order valence-electron chi connectivity index (χ1n) is 8.08. The summed E-state index contributed by atoms with van der Waals surface area (Å²) in [4.78, 5) is 4.09. The third-order valence-electron chi connectivity index (χ3n) is 3.95. The maximum atomic E-state index is 6.11. The first-order valence-corrected chi connectivity index (χ1v) is 8.08. The Kier molecular flexibility index (Phi) is 5.76. The zero-order valence-electron chi connectivity index (χ0n) is 13.9. The molecule has 0 aromatic rings. The molecule has 5 heteroatoms. The molecule has 0 radical (unpaired) electrons. The van der Waals surface area contributed by atoms with Crippen molar-refractivity contribution in [1.82, 2.24) is 10.3 Å². The topological polar surface area (TPSA) is 49.2 Å². The van der Waals surface area contributed by atoms with Crippen LogP contribution in [-0.4, -0.2) is 61.4 Å². The van der Waals surface area contributed by atoms with E-state index < -0.39 is 0 Å². The minimum absolute atomic E-state index is 0.117. The van der Waals surface area contributed by atoms with Crippen LogP contribution < -0.4 is 5.32 Å². The summed E-state index contributed by atoms with van der Waals surface area (Å²) in [6.45, 7) is 9.06. The minimum atomic E-state index is 0.117. The molecule has 2 heterocycles. The molecule has 1 saturated heterocycles. The molecule has 2 unspecified atom stereocenters. The molecule has 2 bridgehead atoms. The highest BCUT2D eigenvalue weighted by atomic mass is 16.5. The van der Waals surface area contributed by atoms with E-state index in [9.17, 15) is 0 Å². The molecule has 5 nitrogen and oxygen atoms in total. The van der Waals surface area contributed by atoms with Crippen molar-refractivity contribution in [3.05, 3.63) is 0 Å². The number of aliphatic imine (C=N–C) groups is 1. The molecule has 2 atom stereocenters. The third-order valence-corrected chi connectivity index (χ3v) is 3.95. The Morgan fingerprint density at radius 1 is 1.33 bits per heavy atom. The van der Waals surface area contributed by atoms with Gasteiger partial charge in [-0.1, -0.05) is 0 Å². The van der Waals surface area contributed by atoms with Gasteiger partial charge >= 0.3 is 0 Å². The monoisotopic (exact) mass is 294 g/mol. The summed E-state index contributed by atoms with van der Waals surface area (Å²) in [5.41, 5.74) is 1.34. The van der Waals surface area contributed by atoms with Crippen LogP contribution in [0, 0.1) is 0 Å². The van der Waals surface area contributed by atoms with Gasteiger partial charge in [0.2, 0.25) is 0 Å². The fraction of sp³-hybridized carbons (Fsp3) is 0.875. The SMILES string of the molecule is CN=CCN1CC2CCC(CC/C(CNC(C)(C)C)=N\1)O2. The average molecular weight is 294 g/mol. The molecular formula is C16H30N4O. The molecule has 120 valence electrons. The predicted octanol–water partition coefficient (Wildman–Crippen LogP) is 2.07. The molecule has 0 spiro atoms. The number of hydrogen-bond acceptors (Lipinski definition) is 5. The van der Waals surface area contributed by atoms with Gasteiger partial charge in [0.15, 0.2) is 0 Å². The zero-order valence-corrected chi connectivity index (χ0v) is 13.9. The zero-order chi connectivity index (χ0) is 15.3. The van der Waals surface area contributed by atoms with Gasteiger partial charge in [-0.15, -0.1) is 0 Å². The predicted molar refractivity (Wildman–Crippen MR) is 88.3 cm³/mol. The van der Waals surface area contributed by atoms with E-state index in [-0.39, 0.29) is 5.54 Å². The number of hydrazone groups is 1. The fourth-order valence-corrected chi connectivity index (χ4v) is 2.76. The van der Waals surface area contributed by atoms with Crippen LogP contribution in [0.3, 0.4) is 0 Å². The lowest BCUT2D eigenvalue weighted by Crippen LogP contribution is -2.40. The summed E-state index contributed by atoms with van der Waals surface area (Å²) in [5.74, 6) is 0. The third kappa shape index (κ3) is 5.75. The summed E-state index contributed by atoms with van der Waals surface area (Å²) in [7, 11) is 1.81. The maximum Gasteiger partial charge on any atom is 0.0771 e. The van der Waals surface area contributed by atoms with Crippen molar-refractivity contribution in [2.45, 2.75) is 64.2 Å². The van der Waals surface area contributed by atoms with Gasteiger partial charge in [-0.2, -0.15) is 5.10 Å². The lowest BCUT2D eigenvalue weighted by Gasteiger charge is -2.24. The van der Waals surface area contributed by atoms with Crippen LogP contribution in [-0.2, 0) is 4.74 Å². The van der Waals surface area contributed by atoms with Crippen LogP contribution in [0.25, 0.3) is 0 Å². The number of ether oxygens (including phenoxy) is 1. The van der Waals surface area contributed by atoms with Gasteiger partial charge in [-0.3, -0.25) is 10.0 Å². The molecule has 2 rings (SSSR count). The highest BCUT2D eigenvalue weighted by Crippen LogP contribution is 2.25. The second-order valence-electron chi connectivity index (χ2n) is 7.08. The largest absolute Gasteiger partial charge is 0.373 e. The Labute approximate surface area is 128 Å². The fourth-order valence-electron chi connectivity index (χ4n) is 2.76. The summed E-state index contributed by atoms with van der Waals surface area (Å²) < 4.78 is 6.11.